The summed E-state index contributed by atoms with van der Waals surface area (Å²) in [4.78, 5) is 25.7. The molecule has 2 heterocycles. The highest BCUT2D eigenvalue weighted by molar-refractivity contribution is 5.94. The molecule has 0 aliphatic carbocycles. The summed E-state index contributed by atoms with van der Waals surface area (Å²) in [6.45, 7) is 5.53. The van der Waals surface area contributed by atoms with Crippen LogP contribution in [0.3, 0.4) is 0 Å². The maximum Gasteiger partial charge on any atom is 0.223 e. The number of nitrogens with one attached hydrogen (secondary N) is 1. The van der Waals surface area contributed by atoms with E-state index >= 15 is 0 Å². The van der Waals surface area contributed by atoms with E-state index in [1.54, 1.807) is 11.8 Å². The van der Waals surface area contributed by atoms with Crippen LogP contribution < -0.4 is 10.2 Å². The number of carbonyl (C=O) groups excluding carboxylic acids is 2. The summed E-state index contributed by atoms with van der Waals surface area (Å²) < 4.78 is 10.9. The molecule has 1 N–H and O–H groups in total. The lowest BCUT2D eigenvalue weighted by Gasteiger charge is -2.22. The third-order valence-electron chi connectivity index (χ3n) is 4.68. The quantitative estimate of drug-likeness (QED) is 0.893. The van der Waals surface area contributed by atoms with Crippen molar-refractivity contribution in [2.24, 2.45) is 0 Å². The zero-order valence-corrected chi connectivity index (χ0v) is 14.2. The molecule has 1 unspecified atom stereocenters. The van der Waals surface area contributed by atoms with Gasteiger partial charge in [0.2, 0.25) is 11.8 Å². The first-order chi connectivity index (χ1) is 11.5. The molecule has 6 heteroatoms. The molecular formula is C18H24N2O4. The number of anilines is 1. The molecule has 2 aliphatic heterocycles. The van der Waals surface area contributed by atoms with Crippen LogP contribution in [0.2, 0.25) is 0 Å². The van der Waals surface area contributed by atoms with Crippen LogP contribution in [0.5, 0.6) is 0 Å². The maximum atomic E-state index is 12.1. The summed E-state index contributed by atoms with van der Waals surface area (Å²) in [5.74, 6) is -0.488. The predicted molar refractivity (Wildman–Crippen MR) is 89.8 cm³/mol. The fourth-order valence-electron chi connectivity index (χ4n) is 3.35. The summed E-state index contributed by atoms with van der Waals surface area (Å²) in [7, 11) is 0. The SMILES string of the molecule is CC(=O)N1CC(CCC(=O)NCC2(C)OCCO2)c2ccccc21. The van der Waals surface area contributed by atoms with Gasteiger partial charge in [0.05, 0.1) is 19.8 Å². The normalized spacial score (nSPS) is 21.6. The van der Waals surface area contributed by atoms with Gasteiger partial charge in [0.15, 0.2) is 5.79 Å². The molecule has 0 bridgehead atoms. The Hall–Kier alpha value is -1.92. The van der Waals surface area contributed by atoms with Gasteiger partial charge in [-0.25, -0.2) is 0 Å². The van der Waals surface area contributed by atoms with E-state index in [0.717, 1.165) is 11.3 Å². The van der Waals surface area contributed by atoms with Crippen molar-refractivity contribution in [2.75, 3.05) is 31.2 Å². The van der Waals surface area contributed by atoms with Crippen LogP contribution in [0, 0.1) is 0 Å². The topological polar surface area (TPSA) is 67.9 Å². The van der Waals surface area contributed by atoms with Crippen molar-refractivity contribution in [3.8, 4) is 0 Å². The van der Waals surface area contributed by atoms with E-state index in [9.17, 15) is 9.59 Å². The van der Waals surface area contributed by atoms with Crippen LogP contribution in [0.25, 0.3) is 0 Å². The monoisotopic (exact) mass is 332 g/mol. The fourth-order valence-corrected chi connectivity index (χ4v) is 3.35. The van der Waals surface area contributed by atoms with Crippen molar-refractivity contribution < 1.29 is 19.1 Å². The second-order valence-corrected chi connectivity index (χ2v) is 6.53. The Morgan fingerprint density at radius 1 is 1.29 bits per heavy atom. The lowest BCUT2D eigenvalue weighted by atomic mass is 9.96. The molecule has 1 aromatic carbocycles. The molecule has 1 atom stereocenters. The van der Waals surface area contributed by atoms with Gasteiger partial charge >= 0.3 is 0 Å². The van der Waals surface area contributed by atoms with Crippen LogP contribution >= 0.6 is 0 Å². The van der Waals surface area contributed by atoms with E-state index < -0.39 is 5.79 Å². The van der Waals surface area contributed by atoms with Crippen molar-refractivity contribution in [3.05, 3.63) is 29.8 Å². The molecule has 130 valence electrons. The van der Waals surface area contributed by atoms with Crippen molar-refractivity contribution in [1.29, 1.82) is 0 Å². The van der Waals surface area contributed by atoms with Gasteiger partial charge in [0.1, 0.15) is 0 Å². The van der Waals surface area contributed by atoms with Crippen LogP contribution in [0.4, 0.5) is 5.69 Å². The van der Waals surface area contributed by atoms with Gasteiger partial charge in [-0.2, -0.15) is 0 Å². The summed E-state index contributed by atoms with van der Waals surface area (Å²) in [6, 6.07) is 7.92. The van der Waals surface area contributed by atoms with E-state index in [1.807, 2.05) is 31.2 Å². The van der Waals surface area contributed by atoms with E-state index in [4.69, 9.17) is 9.47 Å². The van der Waals surface area contributed by atoms with Gasteiger partial charge in [0, 0.05) is 31.5 Å². The van der Waals surface area contributed by atoms with E-state index in [1.165, 1.54) is 0 Å². The first-order valence-electron chi connectivity index (χ1n) is 8.40. The number of benzene rings is 1. The van der Waals surface area contributed by atoms with Gasteiger partial charge in [0.25, 0.3) is 0 Å². The van der Waals surface area contributed by atoms with Gasteiger partial charge in [-0.3, -0.25) is 9.59 Å². The minimum absolute atomic E-state index is 0.0194. The molecule has 24 heavy (non-hydrogen) atoms. The molecule has 3 rings (SSSR count). The minimum atomic E-state index is -0.707. The number of hydrogen-bond donors (Lipinski definition) is 1. The second kappa shape index (κ2) is 6.91. The summed E-state index contributed by atoms with van der Waals surface area (Å²) in [5, 5.41) is 2.88. The second-order valence-electron chi connectivity index (χ2n) is 6.53. The van der Waals surface area contributed by atoms with E-state index in [-0.39, 0.29) is 17.7 Å². The van der Waals surface area contributed by atoms with Crippen molar-refractivity contribution in [2.45, 2.75) is 38.4 Å². The number of fused-ring (bicyclic) bond motifs is 1. The molecule has 0 saturated carbocycles. The van der Waals surface area contributed by atoms with Crippen LogP contribution in [0.15, 0.2) is 24.3 Å². The molecule has 6 nitrogen and oxygen atoms in total. The Labute approximate surface area is 142 Å². The van der Waals surface area contributed by atoms with Crippen LogP contribution in [-0.4, -0.2) is 43.9 Å². The highest BCUT2D eigenvalue weighted by Gasteiger charge is 2.32. The van der Waals surface area contributed by atoms with Gasteiger partial charge in [-0.1, -0.05) is 18.2 Å². The number of para-hydroxylation sites is 1. The Morgan fingerprint density at radius 3 is 2.71 bits per heavy atom. The first kappa shape index (κ1) is 16.9. The average molecular weight is 332 g/mol. The number of carbonyl (C=O) groups is 2. The van der Waals surface area contributed by atoms with E-state index in [2.05, 4.69) is 5.32 Å². The fraction of sp³-hybridized carbons (Fsp3) is 0.556. The van der Waals surface area contributed by atoms with Gasteiger partial charge < -0.3 is 19.7 Å². The molecule has 2 aliphatic rings. The van der Waals surface area contributed by atoms with Gasteiger partial charge in [-0.15, -0.1) is 0 Å². The highest BCUT2D eigenvalue weighted by atomic mass is 16.7. The zero-order chi connectivity index (χ0) is 17.2. The number of rotatable bonds is 5. The first-order valence-corrected chi connectivity index (χ1v) is 8.40. The number of amides is 2. The summed E-state index contributed by atoms with van der Waals surface area (Å²) in [6.07, 6.45) is 1.13. The molecule has 0 spiro atoms. The lowest BCUT2D eigenvalue weighted by Crippen LogP contribution is -2.41. The van der Waals surface area contributed by atoms with Crippen molar-refractivity contribution in [1.82, 2.24) is 5.32 Å². The number of hydrogen-bond acceptors (Lipinski definition) is 4. The largest absolute Gasteiger partial charge is 0.351 e. The minimum Gasteiger partial charge on any atom is -0.351 e. The van der Waals surface area contributed by atoms with Crippen LogP contribution in [0.1, 0.15) is 38.2 Å². The van der Waals surface area contributed by atoms with Crippen molar-refractivity contribution in [3.63, 3.8) is 0 Å². The van der Waals surface area contributed by atoms with Gasteiger partial charge in [-0.05, 0) is 25.0 Å². The lowest BCUT2D eigenvalue weighted by molar-refractivity contribution is -0.145. The Morgan fingerprint density at radius 2 is 2.00 bits per heavy atom. The molecule has 1 fully saturated rings. The molecule has 1 saturated heterocycles. The Kier molecular flexibility index (Phi) is 4.87. The molecule has 1 aromatic rings. The smallest absolute Gasteiger partial charge is 0.223 e. The molecule has 0 radical (unpaired) electrons. The Bertz CT molecular complexity index is 625. The third kappa shape index (κ3) is 3.60. The van der Waals surface area contributed by atoms with Crippen LogP contribution in [-0.2, 0) is 19.1 Å². The zero-order valence-electron chi connectivity index (χ0n) is 14.2. The summed E-state index contributed by atoms with van der Waals surface area (Å²) in [5.41, 5.74) is 2.12. The van der Waals surface area contributed by atoms with Crippen molar-refractivity contribution >= 4 is 17.5 Å². The standard InChI is InChI=1S/C18H24N2O4/c1-13(21)20-11-14(15-5-3-4-6-16(15)20)7-8-17(22)19-12-18(2)23-9-10-24-18/h3-6,14H,7-12H2,1-2H3,(H,19,22). The third-order valence-corrected chi connectivity index (χ3v) is 4.68. The van der Waals surface area contributed by atoms with E-state index in [0.29, 0.717) is 39.1 Å². The average Bonchev–Trinajstić information content (AvgIpc) is 3.16. The predicted octanol–water partition coefficient (Wildman–Crippen LogP) is 1.80. The summed E-state index contributed by atoms with van der Waals surface area (Å²) >= 11 is 0. The molecular weight excluding hydrogens is 308 g/mol. The number of nitrogens with zero attached hydrogens (tertiary/aromatic N) is 1. The number of ether oxygens (including phenoxy) is 2. The molecule has 2 amide bonds. The molecule has 0 aromatic heterocycles. The Balaban J connectivity index is 1.53. The maximum absolute atomic E-state index is 12.1. The highest BCUT2D eigenvalue weighted by Crippen LogP contribution is 2.38.